The van der Waals surface area contributed by atoms with Gasteiger partial charge in [0, 0.05) is 42.0 Å². The van der Waals surface area contributed by atoms with E-state index in [1.54, 1.807) is 18.5 Å². The molecule has 0 spiro atoms. The van der Waals surface area contributed by atoms with Crippen molar-refractivity contribution in [2.75, 3.05) is 18.5 Å². The number of pyridine rings is 2. The molecule has 0 saturated carbocycles. The molecule has 0 radical (unpaired) electrons. The molecule has 3 heterocycles. The second-order valence-electron chi connectivity index (χ2n) is 6.71. The maximum atomic E-state index is 11.2. The highest BCUT2D eigenvalue weighted by Gasteiger charge is 2.22. The molecule has 1 unspecified atom stereocenters. The van der Waals surface area contributed by atoms with Gasteiger partial charge >= 0.3 is 0 Å². The molecule has 142 valence electrons. The van der Waals surface area contributed by atoms with Gasteiger partial charge in [-0.05, 0) is 37.1 Å². The van der Waals surface area contributed by atoms with E-state index in [4.69, 9.17) is 9.47 Å². The topological polar surface area (TPSA) is 73.3 Å². The second kappa shape index (κ2) is 8.08. The number of ether oxygens (including phenoxy) is 2. The third-order valence-electron chi connectivity index (χ3n) is 4.75. The van der Waals surface area contributed by atoms with E-state index in [1.807, 2.05) is 43.3 Å². The number of carbonyl (C=O) groups is 1. The second-order valence-corrected chi connectivity index (χ2v) is 6.71. The van der Waals surface area contributed by atoms with Gasteiger partial charge in [0.2, 0.25) is 5.88 Å². The molecule has 4 rings (SSSR count). The highest BCUT2D eigenvalue weighted by Crippen LogP contribution is 2.37. The predicted molar refractivity (Wildman–Crippen MR) is 106 cm³/mol. The van der Waals surface area contributed by atoms with E-state index in [9.17, 15) is 4.79 Å². The number of aldehydes is 1. The Hall–Kier alpha value is -3.41. The minimum atomic E-state index is 0.273. The van der Waals surface area contributed by atoms with Crippen LogP contribution in [0.25, 0.3) is 0 Å². The number of aromatic nitrogens is 2. The molecule has 6 heteroatoms. The molecule has 1 atom stereocenters. The van der Waals surface area contributed by atoms with E-state index in [0.717, 1.165) is 35.4 Å². The first-order valence-electron chi connectivity index (χ1n) is 9.24. The van der Waals surface area contributed by atoms with Crippen molar-refractivity contribution in [3.05, 3.63) is 71.7 Å². The van der Waals surface area contributed by atoms with Crippen LogP contribution in [0.5, 0.6) is 17.4 Å². The van der Waals surface area contributed by atoms with Gasteiger partial charge in [-0.3, -0.25) is 9.78 Å². The van der Waals surface area contributed by atoms with E-state index in [2.05, 4.69) is 15.3 Å². The number of nitrogens with one attached hydrogen (secondary N) is 1. The van der Waals surface area contributed by atoms with Crippen LogP contribution < -0.4 is 14.8 Å². The van der Waals surface area contributed by atoms with E-state index in [1.165, 1.54) is 0 Å². The zero-order chi connectivity index (χ0) is 19.3. The highest BCUT2D eigenvalue weighted by molar-refractivity contribution is 5.83. The summed E-state index contributed by atoms with van der Waals surface area (Å²) < 4.78 is 11.7. The van der Waals surface area contributed by atoms with E-state index >= 15 is 0 Å². The van der Waals surface area contributed by atoms with E-state index in [0.29, 0.717) is 30.3 Å². The van der Waals surface area contributed by atoms with Crippen molar-refractivity contribution in [3.63, 3.8) is 0 Å². The van der Waals surface area contributed by atoms with Gasteiger partial charge in [-0.15, -0.1) is 0 Å². The van der Waals surface area contributed by atoms with Crippen LogP contribution in [-0.4, -0.2) is 29.4 Å². The zero-order valence-electron chi connectivity index (χ0n) is 15.6. The number of fused-ring (bicyclic) bond motifs is 1. The monoisotopic (exact) mass is 375 g/mol. The lowest BCUT2D eigenvalue weighted by Crippen LogP contribution is -2.21. The van der Waals surface area contributed by atoms with Crippen LogP contribution in [-0.2, 0) is 0 Å². The van der Waals surface area contributed by atoms with Crippen LogP contribution in [0.4, 0.5) is 5.69 Å². The van der Waals surface area contributed by atoms with Gasteiger partial charge < -0.3 is 14.8 Å². The highest BCUT2D eigenvalue weighted by atomic mass is 16.5. The Morgan fingerprint density at radius 1 is 1.29 bits per heavy atom. The summed E-state index contributed by atoms with van der Waals surface area (Å²) in [5, 5.41) is 3.34. The molecular weight excluding hydrogens is 354 g/mol. The van der Waals surface area contributed by atoms with Crippen LogP contribution in [0.1, 0.15) is 34.0 Å². The smallest absolute Gasteiger partial charge is 0.219 e. The molecule has 1 aromatic carbocycles. The van der Waals surface area contributed by atoms with Gasteiger partial charge in [-0.1, -0.05) is 12.1 Å². The van der Waals surface area contributed by atoms with Crippen molar-refractivity contribution < 1.29 is 14.3 Å². The SMILES string of the molecule is Cc1cccc(Oc2ccc3c(c2)OCCC3CNc2cnccc2C=O)n1. The average Bonchev–Trinajstić information content (AvgIpc) is 2.72. The quantitative estimate of drug-likeness (QED) is 0.645. The van der Waals surface area contributed by atoms with Gasteiger partial charge in [-0.25, -0.2) is 4.98 Å². The molecule has 0 bridgehead atoms. The number of hydrogen-bond donors (Lipinski definition) is 1. The van der Waals surface area contributed by atoms with Crippen LogP contribution >= 0.6 is 0 Å². The molecule has 1 aliphatic rings. The largest absolute Gasteiger partial charge is 0.493 e. The fraction of sp³-hybridized carbons (Fsp3) is 0.227. The first-order chi connectivity index (χ1) is 13.7. The van der Waals surface area contributed by atoms with Crippen LogP contribution in [0.3, 0.4) is 0 Å². The molecule has 0 aliphatic carbocycles. The number of nitrogens with zero attached hydrogens (tertiary/aromatic N) is 2. The zero-order valence-corrected chi connectivity index (χ0v) is 15.6. The van der Waals surface area contributed by atoms with E-state index < -0.39 is 0 Å². The molecule has 2 aromatic heterocycles. The maximum absolute atomic E-state index is 11.2. The number of benzene rings is 1. The minimum absolute atomic E-state index is 0.273. The Bertz CT molecular complexity index is 990. The Morgan fingerprint density at radius 2 is 2.21 bits per heavy atom. The first kappa shape index (κ1) is 18.0. The summed E-state index contributed by atoms with van der Waals surface area (Å²) in [6, 6.07) is 13.3. The van der Waals surface area contributed by atoms with Crippen molar-refractivity contribution in [2.24, 2.45) is 0 Å². The van der Waals surface area contributed by atoms with E-state index in [-0.39, 0.29) is 5.92 Å². The normalized spacial score (nSPS) is 15.2. The third kappa shape index (κ3) is 3.96. The lowest BCUT2D eigenvalue weighted by Gasteiger charge is -2.27. The van der Waals surface area contributed by atoms with Crippen molar-refractivity contribution in [1.82, 2.24) is 9.97 Å². The summed E-state index contributed by atoms with van der Waals surface area (Å²) in [5.41, 5.74) is 3.38. The molecule has 3 aromatic rings. The Balaban J connectivity index is 1.49. The van der Waals surface area contributed by atoms with Gasteiger partial charge in [0.25, 0.3) is 0 Å². The molecule has 0 saturated heterocycles. The molecular formula is C22H21N3O3. The van der Waals surface area contributed by atoms with Gasteiger partial charge in [0.05, 0.1) is 18.5 Å². The summed E-state index contributed by atoms with van der Waals surface area (Å²) >= 11 is 0. The molecule has 0 fully saturated rings. The third-order valence-corrected chi connectivity index (χ3v) is 4.75. The first-order valence-corrected chi connectivity index (χ1v) is 9.24. The standard InChI is InChI=1S/C22H21N3O3/c1-15-3-2-4-22(25-15)28-18-5-6-19-16(8-10-27-21(19)11-18)12-24-20-13-23-9-7-17(20)14-26/h2-7,9,11,13-14,16,24H,8,10,12H2,1H3. The summed E-state index contributed by atoms with van der Waals surface area (Å²) in [7, 11) is 0. The van der Waals surface area contributed by atoms with Crippen molar-refractivity contribution >= 4 is 12.0 Å². The van der Waals surface area contributed by atoms with Crippen LogP contribution in [0, 0.1) is 6.92 Å². The molecule has 1 N–H and O–H groups in total. The number of anilines is 1. The average molecular weight is 375 g/mol. The number of rotatable bonds is 6. The predicted octanol–water partition coefficient (Wildman–Crippen LogP) is 4.37. The lowest BCUT2D eigenvalue weighted by atomic mass is 9.93. The lowest BCUT2D eigenvalue weighted by molar-refractivity contribution is 0.112. The molecule has 0 amide bonds. The summed E-state index contributed by atoms with van der Waals surface area (Å²) in [5.74, 6) is 2.35. The molecule has 6 nitrogen and oxygen atoms in total. The van der Waals surface area contributed by atoms with Gasteiger partial charge in [0.1, 0.15) is 11.5 Å². The summed E-state index contributed by atoms with van der Waals surface area (Å²) in [6.45, 7) is 3.26. The minimum Gasteiger partial charge on any atom is -0.493 e. The number of carbonyl (C=O) groups excluding carboxylic acids is 1. The summed E-state index contributed by atoms with van der Waals surface area (Å²) in [6.07, 6.45) is 5.03. The summed E-state index contributed by atoms with van der Waals surface area (Å²) in [4.78, 5) is 19.6. The maximum Gasteiger partial charge on any atom is 0.219 e. The van der Waals surface area contributed by atoms with Crippen molar-refractivity contribution in [1.29, 1.82) is 0 Å². The Kier molecular flexibility index (Phi) is 5.19. The Morgan fingerprint density at radius 3 is 3.07 bits per heavy atom. The van der Waals surface area contributed by atoms with Crippen molar-refractivity contribution in [2.45, 2.75) is 19.3 Å². The Labute approximate surface area is 163 Å². The number of hydrogen-bond acceptors (Lipinski definition) is 6. The fourth-order valence-corrected chi connectivity index (χ4v) is 3.30. The van der Waals surface area contributed by atoms with Gasteiger partial charge in [-0.2, -0.15) is 0 Å². The molecule has 28 heavy (non-hydrogen) atoms. The van der Waals surface area contributed by atoms with Crippen LogP contribution in [0.2, 0.25) is 0 Å². The number of aryl methyl sites for hydroxylation is 1. The van der Waals surface area contributed by atoms with Crippen LogP contribution in [0.15, 0.2) is 54.9 Å². The fourth-order valence-electron chi connectivity index (χ4n) is 3.30. The van der Waals surface area contributed by atoms with Gasteiger partial charge in [0.15, 0.2) is 6.29 Å². The molecule has 1 aliphatic heterocycles. The van der Waals surface area contributed by atoms with Crippen molar-refractivity contribution in [3.8, 4) is 17.4 Å².